The molecule has 1 aliphatic carbocycles. The van der Waals surface area contributed by atoms with E-state index in [-0.39, 0.29) is 24.8 Å². The SMILES string of the molecule is CCN1CCC[C@@H]1[C@@H]1CCCN1C(=O)[C@@H]1CCC[C@H](C(F)(F)F)C1. The van der Waals surface area contributed by atoms with E-state index in [2.05, 4.69) is 11.8 Å². The third-order valence-corrected chi connectivity index (χ3v) is 6.33. The lowest BCUT2D eigenvalue weighted by molar-refractivity contribution is -0.187. The maximum Gasteiger partial charge on any atom is 0.391 e. The number of amides is 1. The molecule has 3 aliphatic rings. The fourth-order valence-corrected chi connectivity index (χ4v) is 5.09. The summed E-state index contributed by atoms with van der Waals surface area (Å²) in [6.45, 7) is 4.95. The Bertz CT molecular complexity index is 454. The highest BCUT2D eigenvalue weighted by atomic mass is 19.4. The topological polar surface area (TPSA) is 23.6 Å². The molecule has 2 aliphatic heterocycles. The number of hydrogen-bond acceptors (Lipinski definition) is 2. The van der Waals surface area contributed by atoms with Crippen LogP contribution >= 0.6 is 0 Å². The Kier molecular flexibility index (Phi) is 5.42. The van der Waals surface area contributed by atoms with Crippen molar-refractivity contribution in [1.82, 2.24) is 9.80 Å². The summed E-state index contributed by atoms with van der Waals surface area (Å²) in [5.74, 6) is -1.73. The van der Waals surface area contributed by atoms with Crippen LogP contribution in [0.25, 0.3) is 0 Å². The molecule has 1 saturated carbocycles. The Hall–Kier alpha value is -0.780. The van der Waals surface area contributed by atoms with Crippen LogP contribution in [0.15, 0.2) is 0 Å². The molecule has 0 aromatic carbocycles. The monoisotopic (exact) mass is 346 g/mol. The van der Waals surface area contributed by atoms with Crippen LogP contribution in [-0.4, -0.2) is 53.6 Å². The van der Waals surface area contributed by atoms with Gasteiger partial charge >= 0.3 is 6.18 Å². The summed E-state index contributed by atoms with van der Waals surface area (Å²) in [4.78, 5) is 17.4. The zero-order chi connectivity index (χ0) is 17.3. The normalized spacial score (nSPS) is 35.6. The molecule has 0 spiro atoms. The van der Waals surface area contributed by atoms with Crippen molar-refractivity contribution >= 4 is 5.91 Å². The summed E-state index contributed by atoms with van der Waals surface area (Å²) in [5.41, 5.74) is 0. The average molecular weight is 346 g/mol. The van der Waals surface area contributed by atoms with Crippen molar-refractivity contribution in [2.75, 3.05) is 19.6 Å². The predicted molar refractivity (Wildman–Crippen MR) is 86.5 cm³/mol. The molecule has 1 amide bonds. The minimum absolute atomic E-state index is 0.00518. The number of rotatable bonds is 3. The average Bonchev–Trinajstić information content (AvgIpc) is 3.21. The van der Waals surface area contributed by atoms with Gasteiger partial charge in [0.05, 0.1) is 5.92 Å². The van der Waals surface area contributed by atoms with E-state index < -0.39 is 18.0 Å². The number of carbonyl (C=O) groups is 1. The lowest BCUT2D eigenvalue weighted by atomic mass is 9.80. The first kappa shape index (κ1) is 18.0. The van der Waals surface area contributed by atoms with Gasteiger partial charge in [-0.2, -0.15) is 13.2 Å². The lowest BCUT2D eigenvalue weighted by Gasteiger charge is -2.38. The quantitative estimate of drug-likeness (QED) is 0.775. The number of halogens is 3. The van der Waals surface area contributed by atoms with Gasteiger partial charge in [0.25, 0.3) is 0 Å². The third kappa shape index (κ3) is 3.58. The Balaban J connectivity index is 1.67. The Morgan fingerprint density at radius 1 is 1.00 bits per heavy atom. The van der Waals surface area contributed by atoms with Crippen LogP contribution in [0.1, 0.15) is 58.3 Å². The summed E-state index contributed by atoms with van der Waals surface area (Å²) in [6.07, 6.45) is 1.42. The van der Waals surface area contributed by atoms with Gasteiger partial charge in [0.1, 0.15) is 0 Å². The molecular formula is C18H29F3N2O. The van der Waals surface area contributed by atoms with Crippen molar-refractivity contribution in [1.29, 1.82) is 0 Å². The van der Waals surface area contributed by atoms with Gasteiger partial charge in [-0.3, -0.25) is 9.69 Å². The molecule has 138 valence electrons. The van der Waals surface area contributed by atoms with Crippen LogP contribution in [0.4, 0.5) is 13.2 Å². The van der Waals surface area contributed by atoms with Crippen molar-refractivity contribution in [2.24, 2.45) is 11.8 Å². The number of likely N-dealkylation sites (N-methyl/N-ethyl adjacent to an activating group) is 1. The molecular weight excluding hydrogens is 317 g/mol. The zero-order valence-corrected chi connectivity index (χ0v) is 14.5. The molecule has 3 fully saturated rings. The van der Waals surface area contributed by atoms with Crippen LogP contribution in [0.3, 0.4) is 0 Å². The van der Waals surface area contributed by atoms with Crippen molar-refractivity contribution in [3.8, 4) is 0 Å². The van der Waals surface area contributed by atoms with E-state index in [1.165, 1.54) is 0 Å². The van der Waals surface area contributed by atoms with Gasteiger partial charge in [-0.15, -0.1) is 0 Å². The number of hydrogen-bond donors (Lipinski definition) is 0. The highest BCUT2D eigenvalue weighted by Crippen LogP contribution is 2.41. The van der Waals surface area contributed by atoms with E-state index in [1.54, 1.807) is 0 Å². The van der Waals surface area contributed by atoms with Gasteiger partial charge in [0.2, 0.25) is 5.91 Å². The Labute approximate surface area is 142 Å². The highest BCUT2D eigenvalue weighted by Gasteiger charge is 2.46. The van der Waals surface area contributed by atoms with E-state index in [1.807, 2.05) is 4.90 Å². The van der Waals surface area contributed by atoms with E-state index in [9.17, 15) is 18.0 Å². The second kappa shape index (κ2) is 7.22. The summed E-state index contributed by atoms with van der Waals surface area (Å²) in [5, 5.41) is 0. The largest absolute Gasteiger partial charge is 0.391 e. The van der Waals surface area contributed by atoms with Gasteiger partial charge in [-0.05, 0) is 58.0 Å². The van der Waals surface area contributed by atoms with E-state index in [0.717, 1.165) is 45.3 Å². The second-order valence-electron chi connectivity index (χ2n) is 7.68. The lowest BCUT2D eigenvalue weighted by Crippen LogP contribution is -2.50. The zero-order valence-electron chi connectivity index (χ0n) is 14.5. The fraction of sp³-hybridized carbons (Fsp3) is 0.944. The summed E-state index contributed by atoms with van der Waals surface area (Å²) in [6, 6.07) is 0.620. The van der Waals surface area contributed by atoms with Gasteiger partial charge < -0.3 is 4.90 Å². The maximum atomic E-state index is 13.0. The van der Waals surface area contributed by atoms with Crippen LogP contribution in [0, 0.1) is 11.8 Å². The van der Waals surface area contributed by atoms with Gasteiger partial charge in [0.15, 0.2) is 0 Å². The van der Waals surface area contributed by atoms with Crippen LogP contribution in [0.5, 0.6) is 0 Å². The smallest absolute Gasteiger partial charge is 0.338 e. The highest BCUT2D eigenvalue weighted by molar-refractivity contribution is 5.79. The summed E-state index contributed by atoms with van der Waals surface area (Å²) < 4.78 is 39.1. The minimum atomic E-state index is -4.16. The molecule has 0 N–H and O–H groups in total. The summed E-state index contributed by atoms with van der Waals surface area (Å²) >= 11 is 0. The standard InChI is InChI=1S/C18H29F3N2O/c1-2-22-10-4-8-15(22)16-9-5-11-23(16)17(24)13-6-3-7-14(12-13)18(19,20)21/h13-16H,2-12H2,1H3/t13-,14+,15-,16+/m1/s1. The van der Waals surface area contributed by atoms with Crippen molar-refractivity contribution < 1.29 is 18.0 Å². The number of carbonyl (C=O) groups excluding carboxylic acids is 1. The molecule has 3 rings (SSSR count). The van der Waals surface area contributed by atoms with E-state index in [4.69, 9.17) is 0 Å². The van der Waals surface area contributed by atoms with E-state index in [0.29, 0.717) is 18.9 Å². The molecule has 0 aromatic rings. The van der Waals surface area contributed by atoms with E-state index >= 15 is 0 Å². The first-order chi connectivity index (χ1) is 11.4. The molecule has 0 aromatic heterocycles. The minimum Gasteiger partial charge on any atom is -0.338 e. The Morgan fingerprint density at radius 3 is 2.42 bits per heavy atom. The fourth-order valence-electron chi connectivity index (χ4n) is 5.09. The maximum absolute atomic E-state index is 13.0. The first-order valence-corrected chi connectivity index (χ1v) is 9.53. The van der Waals surface area contributed by atoms with Gasteiger partial charge in [0, 0.05) is 24.5 Å². The van der Waals surface area contributed by atoms with Crippen LogP contribution < -0.4 is 0 Å². The number of likely N-dealkylation sites (tertiary alicyclic amines) is 2. The molecule has 4 atom stereocenters. The predicted octanol–water partition coefficient (Wildman–Crippen LogP) is 3.83. The molecule has 2 heterocycles. The molecule has 0 unspecified atom stereocenters. The first-order valence-electron chi connectivity index (χ1n) is 9.53. The molecule has 2 saturated heterocycles. The van der Waals surface area contributed by atoms with Gasteiger partial charge in [-0.25, -0.2) is 0 Å². The van der Waals surface area contributed by atoms with Crippen LogP contribution in [-0.2, 0) is 4.79 Å². The van der Waals surface area contributed by atoms with Crippen molar-refractivity contribution in [2.45, 2.75) is 76.6 Å². The van der Waals surface area contributed by atoms with Crippen molar-refractivity contribution in [3.63, 3.8) is 0 Å². The second-order valence-corrected chi connectivity index (χ2v) is 7.68. The molecule has 0 bridgehead atoms. The van der Waals surface area contributed by atoms with Gasteiger partial charge in [-0.1, -0.05) is 13.3 Å². The molecule has 0 radical (unpaired) electrons. The number of alkyl halides is 3. The van der Waals surface area contributed by atoms with Crippen molar-refractivity contribution in [3.05, 3.63) is 0 Å². The summed E-state index contributed by atoms with van der Waals surface area (Å²) in [7, 11) is 0. The third-order valence-electron chi connectivity index (χ3n) is 6.33. The molecule has 3 nitrogen and oxygen atoms in total. The van der Waals surface area contributed by atoms with Crippen LogP contribution in [0.2, 0.25) is 0 Å². The number of nitrogens with zero attached hydrogens (tertiary/aromatic N) is 2. The molecule has 24 heavy (non-hydrogen) atoms. The Morgan fingerprint density at radius 2 is 1.71 bits per heavy atom. The molecule has 6 heteroatoms.